The van der Waals surface area contributed by atoms with Crippen LogP contribution in [0.25, 0.3) is 5.82 Å². The van der Waals surface area contributed by atoms with Crippen molar-refractivity contribution in [1.29, 1.82) is 0 Å². The Balaban J connectivity index is 2.48. The fraction of sp³-hybridized carbons (Fsp3) is 0.385. The summed E-state index contributed by atoms with van der Waals surface area (Å²) < 4.78 is 1.79. The maximum absolute atomic E-state index is 6.15. The largest absolute Gasteiger partial charge is 0.330 e. The maximum atomic E-state index is 6.15. The highest BCUT2D eigenvalue weighted by molar-refractivity contribution is 6.31. The quantitative estimate of drug-likeness (QED) is 0.926. The van der Waals surface area contributed by atoms with Gasteiger partial charge in [-0.1, -0.05) is 17.7 Å². The molecule has 4 nitrogen and oxygen atoms in total. The van der Waals surface area contributed by atoms with Crippen LogP contribution < -0.4 is 5.73 Å². The molecule has 2 heterocycles. The van der Waals surface area contributed by atoms with Crippen LogP contribution in [-0.4, -0.2) is 21.3 Å². The predicted molar refractivity (Wildman–Crippen MR) is 73.3 cm³/mol. The van der Waals surface area contributed by atoms with Gasteiger partial charge in [0.05, 0.1) is 16.4 Å². The van der Waals surface area contributed by atoms with Crippen LogP contribution >= 0.6 is 11.6 Å². The Bertz CT molecular complexity index is 575. The van der Waals surface area contributed by atoms with E-state index in [-0.39, 0.29) is 0 Å². The molecule has 5 heteroatoms. The molecule has 96 valence electrons. The van der Waals surface area contributed by atoms with Crippen molar-refractivity contribution in [1.82, 2.24) is 14.8 Å². The Morgan fingerprint density at radius 1 is 1.33 bits per heavy atom. The zero-order chi connectivity index (χ0) is 13.3. The van der Waals surface area contributed by atoms with Gasteiger partial charge in [-0.15, -0.1) is 0 Å². The molecular weight excluding hydrogens is 248 g/mol. The molecule has 0 bridgehead atoms. The van der Waals surface area contributed by atoms with E-state index >= 15 is 0 Å². The molecule has 2 aromatic rings. The minimum Gasteiger partial charge on any atom is -0.330 e. The molecule has 0 radical (unpaired) electrons. The minimum absolute atomic E-state index is 0.631. The molecular formula is C13H17ClN4. The molecule has 0 saturated carbocycles. The van der Waals surface area contributed by atoms with Gasteiger partial charge in [-0.2, -0.15) is 5.10 Å². The molecule has 2 N–H and O–H groups in total. The van der Waals surface area contributed by atoms with E-state index in [9.17, 15) is 0 Å². The summed E-state index contributed by atoms with van der Waals surface area (Å²) in [5, 5.41) is 5.11. The topological polar surface area (TPSA) is 56.7 Å². The number of hydrogen-bond donors (Lipinski definition) is 1. The standard InChI is InChI=1S/C13H17ClN4/c1-8-6-11(4-5-15)7-16-13(8)18-10(3)12(14)9(2)17-18/h6-7H,4-5,15H2,1-3H3. The van der Waals surface area contributed by atoms with Gasteiger partial charge in [0, 0.05) is 6.20 Å². The zero-order valence-electron chi connectivity index (χ0n) is 10.9. The first-order valence-electron chi connectivity index (χ1n) is 5.92. The first kappa shape index (κ1) is 13.1. The number of nitrogens with zero attached hydrogens (tertiary/aromatic N) is 3. The summed E-state index contributed by atoms with van der Waals surface area (Å²) in [4.78, 5) is 4.47. The van der Waals surface area contributed by atoms with E-state index in [1.54, 1.807) is 4.68 Å². The van der Waals surface area contributed by atoms with E-state index in [1.807, 2.05) is 27.0 Å². The summed E-state index contributed by atoms with van der Waals surface area (Å²) in [6.07, 6.45) is 2.69. The molecule has 0 unspecified atom stereocenters. The summed E-state index contributed by atoms with van der Waals surface area (Å²) in [6.45, 7) is 6.49. The number of pyridine rings is 1. The van der Waals surface area contributed by atoms with Gasteiger partial charge >= 0.3 is 0 Å². The highest BCUT2D eigenvalue weighted by atomic mass is 35.5. The Morgan fingerprint density at radius 2 is 2.06 bits per heavy atom. The summed E-state index contributed by atoms with van der Waals surface area (Å²) in [7, 11) is 0. The third-order valence-corrected chi connectivity index (χ3v) is 3.49. The molecule has 0 aliphatic rings. The molecule has 0 aromatic carbocycles. The highest BCUT2D eigenvalue weighted by Gasteiger charge is 2.13. The van der Waals surface area contributed by atoms with Crippen molar-refractivity contribution in [3.05, 3.63) is 39.8 Å². The average molecular weight is 265 g/mol. The molecule has 0 aliphatic carbocycles. The summed E-state index contributed by atoms with van der Waals surface area (Å²) in [6, 6.07) is 2.10. The lowest BCUT2D eigenvalue weighted by atomic mass is 10.1. The third-order valence-electron chi connectivity index (χ3n) is 2.94. The number of aromatic nitrogens is 3. The van der Waals surface area contributed by atoms with Crippen molar-refractivity contribution in [3.8, 4) is 5.82 Å². The van der Waals surface area contributed by atoms with Gasteiger partial charge in [-0.05, 0) is 44.9 Å². The van der Waals surface area contributed by atoms with Crippen molar-refractivity contribution >= 4 is 11.6 Å². The third kappa shape index (κ3) is 2.26. The highest BCUT2D eigenvalue weighted by Crippen LogP contribution is 2.23. The van der Waals surface area contributed by atoms with Crippen molar-refractivity contribution in [3.63, 3.8) is 0 Å². The van der Waals surface area contributed by atoms with Gasteiger partial charge in [0.2, 0.25) is 0 Å². The Morgan fingerprint density at radius 3 is 2.56 bits per heavy atom. The van der Waals surface area contributed by atoms with Crippen molar-refractivity contribution < 1.29 is 0 Å². The van der Waals surface area contributed by atoms with Crippen molar-refractivity contribution in [2.24, 2.45) is 5.73 Å². The van der Waals surface area contributed by atoms with Crippen LogP contribution in [-0.2, 0) is 6.42 Å². The van der Waals surface area contributed by atoms with Gasteiger partial charge < -0.3 is 5.73 Å². The van der Waals surface area contributed by atoms with E-state index in [0.717, 1.165) is 34.8 Å². The van der Waals surface area contributed by atoms with E-state index in [2.05, 4.69) is 16.1 Å². The maximum Gasteiger partial charge on any atom is 0.156 e. The van der Waals surface area contributed by atoms with Gasteiger partial charge in [0.1, 0.15) is 0 Å². The van der Waals surface area contributed by atoms with Crippen LogP contribution in [0.1, 0.15) is 22.5 Å². The molecule has 0 spiro atoms. The van der Waals surface area contributed by atoms with Gasteiger partial charge in [-0.25, -0.2) is 9.67 Å². The Hall–Kier alpha value is -1.39. The molecule has 0 aliphatic heterocycles. The average Bonchev–Trinajstić information content (AvgIpc) is 2.58. The summed E-state index contributed by atoms with van der Waals surface area (Å²) in [5.74, 6) is 0.822. The normalized spacial score (nSPS) is 10.9. The number of hydrogen-bond acceptors (Lipinski definition) is 3. The lowest BCUT2D eigenvalue weighted by molar-refractivity contribution is 0.794. The Labute approximate surface area is 112 Å². The fourth-order valence-electron chi connectivity index (χ4n) is 1.98. The van der Waals surface area contributed by atoms with Crippen LogP contribution in [0.3, 0.4) is 0 Å². The number of halogens is 1. The van der Waals surface area contributed by atoms with Gasteiger partial charge in [-0.3, -0.25) is 0 Å². The molecule has 0 fully saturated rings. The molecule has 0 amide bonds. The molecule has 2 aromatic heterocycles. The monoisotopic (exact) mass is 264 g/mol. The first-order valence-corrected chi connectivity index (χ1v) is 6.30. The lowest BCUT2D eigenvalue weighted by Crippen LogP contribution is -2.07. The molecule has 18 heavy (non-hydrogen) atoms. The second-order valence-corrected chi connectivity index (χ2v) is 4.80. The fourth-order valence-corrected chi connectivity index (χ4v) is 2.10. The first-order chi connectivity index (χ1) is 8.54. The van der Waals surface area contributed by atoms with Crippen molar-refractivity contribution in [2.45, 2.75) is 27.2 Å². The van der Waals surface area contributed by atoms with Crippen LogP contribution in [0.15, 0.2) is 12.3 Å². The van der Waals surface area contributed by atoms with Crippen LogP contribution in [0.4, 0.5) is 0 Å². The van der Waals surface area contributed by atoms with E-state index in [1.165, 1.54) is 0 Å². The van der Waals surface area contributed by atoms with Crippen LogP contribution in [0.2, 0.25) is 5.02 Å². The molecule has 0 atom stereocenters. The van der Waals surface area contributed by atoms with Gasteiger partial charge in [0.15, 0.2) is 5.82 Å². The van der Waals surface area contributed by atoms with E-state index in [0.29, 0.717) is 11.6 Å². The number of aryl methyl sites for hydroxylation is 2. The second kappa shape index (κ2) is 5.08. The second-order valence-electron chi connectivity index (χ2n) is 4.42. The van der Waals surface area contributed by atoms with Crippen molar-refractivity contribution in [2.75, 3.05) is 6.54 Å². The summed E-state index contributed by atoms with van der Waals surface area (Å²) in [5.41, 5.74) is 9.50. The molecule has 2 rings (SSSR count). The number of nitrogens with two attached hydrogens (primary N) is 1. The van der Waals surface area contributed by atoms with Gasteiger partial charge in [0.25, 0.3) is 0 Å². The zero-order valence-corrected chi connectivity index (χ0v) is 11.6. The molecule has 0 saturated heterocycles. The predicted octanol–water partition coefficient (Wildman–Crippen LogP) is 2.35. The van der Waals surface area contributed by atoms with E-state index in [4.69, 9.17) is 17.3 Å². The summed E-state index contributed by atoms with van der Waals surface area (Å²) >= 11 is 6.15. The lowest BCUT2D eigenvalue weighted by Gasteiger charge is -2.08. The number of rotatable bonds is 3. The Kier molecular flexibility index (Phi) is 3.68. The van der Waals surface area contributed by atoms with Crippen LogP contribution in [0.5, 0.6) is 0 Å². The smallest absolute Gasteiger partial charge is 0.156 e. The van der Waals surface area contributed by atoms with E-state index < -0.39 is 0 Å². The van der Waals surface area contributed by atoms with Crippen LogP contribution in [0, 0.1) is 20.8 Å². The SMILES string of the molecule is Cc1cc(CCN)cnc1-n1nc(C)c(Cl)c1C. The minimum atomic E-state index is 0.631.